The number of fused-ring (bicyclic) bond motifs is 1. The van der Waals surface area contributed by atoms with E-state index in [0.717, 1.165) is 73.2 Å². The van der Waals surface area contributed by atoms with Gasteiger partial charge in [-0.15, -0.1) is 5.73 Å². The number of aromatic amines is 1. The van der Waals surface area contributed by atoms with Crippen LogP contribution in [0.5, 0.6) is 0 Å². The van der Waals surface area contributed by atoms with Crippen LogP contribution in [0.4, 0.5) is 0 Å². The zero-order chi connectivity index (χ0) is 24.7. The Bertz CT molecular complexity index is 1180. The van der Waals surface area contributed by atoms with Crippen molar-refractivity contribution >= 4 is 17.4 Å². The summed E-state index contributed by atoms with van der Waals surface area (Å²) in [4.78, 5) is 24.9. The lowest BCUT2D eigenvalue weighted by atomic mass is 9.74. The van der Waals surface area contributed by atoms with Crippen LogP contribution < -0.4 is 10.6 Å². The van der Waals surface area contributed by atoms with Crippen molar-refractivity contribution in [1.82, 2.24) is 20.6 Å². The number of nitrogens with zero attached hydrogens (tertiary/aromatic N) is 2. The average Bonchev–Trinajstić information content (AvgIpc) is 3.62. The smallest absolute Gasteiger partial charge is 0.253 e. The number of amides is 1. The number of carbonyl (C=O) groups is 1. The summed E-state index contributed by atoms with van der Waals surface area (Å²) < 4.78 is 5.70. The molecule has 0 bridgehead atoms. The number of hydrogen-bond acceptors (Lipinski definition) is 5. The summed E-state index contributed by atoms with van der Waals surface area (Å²) >= 11 is 0. The molecule has 3 aliphatic rings. The fourth-order valence-corrected chi connectivity index (χ4v) is 5.50. The third-order valence-electron chi connectivity index (χ3n) is 7.56. The van der Waals surface area contributed by atoms with Gasteiger partial charge in [0.2, 0.25) is 0 Å². The number of rotatable bonds is 8. The van der Waals surface area contributed by atoms with Gasteiger partial charge in [-0.25, -0.2) is 4.99 Å². The lowest BCUT2D eigenvalue weighted by molar-refractivity contribution is 0.0957. The van der Waals surface area contributed by atoms with Gasteiger partial charge in [-0.3, -0.25) is 9.78 Å². The number of allylic oxidation sites excluding steroid dienone is 1. The summed E-state index contributed by atoms with van der Waals surface area (Å²) in [6, 6.07) is 7.98. The van der Waals surface area contributed by atoms with Gasteiger partial charge in [0.25, 0.3) is 5.91 Å². The molecule has 1 amide bonds. The normalized spacial score (nSPS) is 23.2. The highest BCUT2D eigenvalue weighted by Gasteiger charge is 2.34. The first-order valence-electron chi connectivity index (χ1n) is 13.1. The second-order valence-corrected chi connectivity index (χ2v) is 10.0. The molecule has 2 aromatic heterocycles. The molecule has 3 N–H and O–H groups in total. The van der Waals surface area contributed by atoms with Crippen molar-refractivity contribution in [3.05, 3.63) is 77.7 Å². The van der Waals surface area contributed by atoms with E-state index in [1.807, 2.05) is 6.07 Å². The van der Waals surface area contributed by atoms with E-state index >= 15 is 0 Å². The van der Waals surface area contributed by atoms with Crippen LogP contribution in [0.1, 0.15) is 60.3 Å². The average molecular weight is 486 g/mol. The second-order valence-electron chi connectivity index (χ2n) is 10.0. The topological polar surface area (TPSA) is 91.4 Å². The number of H-pyrrole nitrogens is 1. The van der Waals surface area contributed by atoms with Crippen LogP contribution in [0.15, 0.2) is 65.7 Å². The highest BCUT2D eigenvalue weighted by molar-refractivity contribution is 5.94. The third-order valence-corrected chi connectivity index (χ3v) is 7.56. The van der Waals surface area contributed by atoms with Crippen molar-refractivity contribution < 1.29 is 9.53 Å². The second kappa shape index (κ2) is 11.5. The first kappa shape index (κ1) is 24.3. The van der Waals surface area contributed by atoms with Gasteiger partial charge >= 0.3 is 0 Å². The molecule has 4 heterocycles. The van der Waals surface area contributed by atoms with Gasteiger partial charge in [0.1, 0.15) is 5.84 Å². The third kappa shape index (κ3) is 6.04. The molecule has 3 atom stereocenters. The lowest BCUT2D eigenvalue weighted by Gasteiger charge is -2.30. The minimum absolute atomic E-state index is 0.150. The van der Waals surface area contributed by atoms with Crippen molar-refractivity contribution in [3.8, 4) is 0 Å². The molecule has 0 radical (unpaired) electrons. The molecule has 7 heteroatoms. The van der Waals surface area contributed by atoms with Crippen molar-refractivity contribution in [2.24, 2.45) is 22.7 Å². The molecule has 1 aliphatic carbocycles. The van der Waals surface area contributed by atoms with Crippen LogP contribution in [-0.4, -0.2) is 41.5 Å². The van der Waals surface area contributed by atoms with Crippen LogP contribution in [0.25, 0.3) is 5.70 Å². The minimum Gasteiger partial charge on any atom is -0.381 e. The number of aryl methyl sites for hydroxylation is 1. The molecule has 2 aromatic rings. The Morgan fingerprint density at radius 2 is 2.14 bits per heavy atom. The quantitative estimate of drug-likeness (QED) is 0.476. The van der Waals surface area contributed by atoms with E-state index in [-0.39, 0.29) is 5.91 Å². The Morgan fingerprint density at radius 3 is 3.00 bits per heavy atom. The monoisotopic (exact) mass is 485 g/mol. The molecule has 2 aliphatic heterocycles. The Kier molecular flexibility index (Phi) is 7.79. The standard InChI is InChI=1S/C29H35N5O2/c1-2-24(17-31-29(35)21-13-14-30-16-21)33-28-8-4-7-27(34-28)26-6-3-5-25(32-26)12-10-20-9-11-22-18-36-19-23(22)15-20/h3,5-7,13-14,16,20,22-23,30H,1,4,8-12,15,17-19H2,(H,31,35)(H,33,34)/t20?,22-,23-/m1/s1. The Morgan fingerprint density at radius 1 is 1.22 bits per heavy atom. The van der Waals surface area contributed by atoms with E-state index in [9.17, 15) is 4.79 Å². The SMILES string of the molecule is C=C=C(CNC(=O)c1cc[nH]c1)NC1=NC(c2cccc(CCC3CC[C@@H]4COC[C@H]4C3)n2)=CCC1. The maximum atomic E-state index is 12.2. The highest BCUT2D eigenvalue weighted by atomic mass is 16.5. The highest BCUT2D eigenvalue weighted by Crippen LogP contribution is 2.39. The summed E-state index contributed by atoms with van der Waals surface area (Å²) in [5.74, 6) is 3.03. The van der Waals surface area contributed by atoms with Crippen molar-refractivity contribution in [1.29, 1.82) is 0 Å². The van der Waals surface area contributed by atoms with Crippen molar-refractivity contribution in [2.45, 2.75) is 44.9 Å². The predicted molar refractivity (Wildman–Crippen MR) is 141 cm³/mol. The van der Waals surface area contributed by atoms with E-state index in [1.54, 1.807) is 18.5 Å². The fraction of sp³-hybridized carbons (Fsp3) is 0.448. The summed E-state index contributed by atoms with van der Waals surface area (Å²) in [5.41, 5.74) is 7.08. The number of nitrogens with one attached hydrogen (secondary N) is 3. The molecular weight excluding hydrogens is 450 g/mol. The molecule has 36 heavy (non-hydrogen) atoms. The number of hydrogen-bond donors (Lipinski definition) is 3. The first-order chi connectivity index (χ1) is 17.7. The number of amidine groups is 1. The van der Waals surface area contributed by atoms with Crippen LogP contribution in [-0.2, 0) is 11.2 Å². The molecule has 5 rings (SSSR count). The first-order valence-corrected chi connectivity index (χ1v) is 13.1. The van der Waals surface area contributed by atoms with Crippen LogP contribution in [0, 0.1) is 17.8 Å². The van der Waals surface area contributed by atoms with Gasteiger partial charge in [0, 0.05) is 37.7 Å². The molecule has 0 aromatic carbocycles. The molecule has 2 fully saturated rings. The van der Waals surface area contributed by atoms with Gasteiger partial charge in [-0.1, -0.05) is 25.1 Å². The maximum Gasteiger partial charge on any atom is 0.253 e. The van der Waals surface area contributed by atoms with Gasteiger partial charge in [0.15, 0.2) is 0 Å². The Balaban J connectivity index is 1.16. The summed E-state index contributed by atoms with van der Waals surface area (Å²) in [6.07, 6.45) is 13.3. The van der Waals surface area contributed by atoms with E-state index in [1.165, 1.54) is 25.7 Å². The number of carbonyl (C=O) groups excluding carboxylic acids is 1. The summed E-state index contributed by atoms with van der Waals surface area (Å²) in [5, 5.41) is 6.18. The fourth-order valence-electron chi connectivity index (χ4n) is 5.50. The number of pyridine rings is 1. The predicted octanol–water partition coefficient (Wildman–Crippen LogP) is 4.63. The minimum atomic E-state index is -0.150. The maximum absolute atomic E-state index is 12.2. The molecule has 7 nitrogen and oxygen atoms in total. The number of aliphatic imine (C=N–C) groups is 1. The Hall–Kier alpha value is -3.41. The largest absolute Gasteiger partial charge is 0.381 e. The van der Waals surface area contributed by atoms with Crippen molar-refractivity contribution in [2.75, 3.05) is 19.8 Å². The van der Waals surface area contributed by atoms with Gasteiger partial charge < -0.3 is 20.4 Å². The molecule has 1 unspecified atom stereocenters. The number of aromatic nitrogens is 2. The molecule has 188 valence electrons. The molecular formula is C29H35N5O2. The Labute approximate surface area is 212 Å². The van der Waals surface area contributed by atoms with E-state index in [2.05, 4.69) is 46.1 Å². The summed E-state index contributed by atoms with van der Waals surface area (Å²) in [6.45, 7) is 5.99. The van der Waals surface area contributed by atoms with Gasteiger partial charge in [-0.05, 0) is 68.1 Å². The zero-order valence-electron chi connectivity index (χ0n) is 20.8. The van der Waals surface area contributed by atoms with E-state index < -0.39 is 0 Å². The van der Waals surface area contributed by atoms with Crippen molar-refractivity contribution in [3.63, 3.8) is 0 Å². The van der Waals surface area contributed by atoms with Crippen LogP contribution >= 0.6 is 0 Å². The molecule has 1 saturated carbocycles. The van der Waals surface area contributed by atoms with Gasteiger partial charge in [0.05, 0.1) is 29.2 Å². The van der Waals surface area contributed by atoms with E-state index in [4.69, 9.17) is 14.7 Å². The molecule has 1 saturated heterocycles. The molecule has 0 spiro atoms. The van der Waals surface area contributed by atoms with E-state index in [0.29, 0.717) is 17.8 Å². The van der Waals surface area contributed by atoms with Gasteiger partial charge in [-0.2, -0.15) is 0 Å². The number of ether oxygens (including phenoxy) is 1. The van der Waals surface area contributed by atoms with Crippen LogP contribution in [0.3, 0.4) is 0 Å². The summed E-state index contributed by atoms with van der Waals surface area (Å²) in [7, 11) is 0. The lowest BCUT2D eigenvalue weighted by Crippen LogP contribution is -2.33. The van der Waals surface area contributed by atoms with Crippen LogP contribution in [0.2, 0.25) is 0 Å². The zero-order valence-corrected chi connectivity index (χ0v) is 20.8.